The molecule has 1 aliphatic rings. The molecule has 0 radical (unpaired) electrons. The summed E-state index contributed by atoms with van der Waals surface area (Å²) < 4.78 is -0.0695. The number of nitrogens with two attached hydrogens (primary N) is 1. The van der Waals surface area contributed by atoms with Crippen molar-refractivity contribution in [2.45, 2.75) is 10.0 Å². The fourth-order valence-corrected chi connectivity index (χ4v) is 1.50. The van der Waals surface area contributed by atoms with E-state index in [0.29, 0.717) is 5.57 Å². The van der Waals surface area contributed by atoms with Crippen LogP contribution in [0.1, 0.15) is 0 Å². The fourth-order valence-electron chi connectivity index (χ4n) is 0.869. The second-order valence-electron chi connectivity index (χ2n) is 2.39. The molecule has 5 heteroatoms. The average Bonchev–Trinajstić information content (AvgIpc) is 2.08. The topological polar surface area (TPSA) is 75.3 Å². The smallest absolute Gasteiger partial charge is 0.264 e. The van der Waals surface area contributed by atoms with Crippen LogP contribution in [-0.4, -0.2) is 21.0 Å². The van der Waals surface area contributed by atoms with Crippen molar-refractivity contribution in [2.24, 2.45) is 5.84 Å². The van der Waals surface area contributed by atoms with Gasteiger partial charge >= 0.3 is 0 Å². The van der Waals surface area contributed by atoms with E-state index in [1.165, 1.54) is 0 Å². The average molecular weight is 280 g/mol. The van der Waals surface area contributed by atoms with Gasteiger partial charge in [-0.05, 0) is 0 Å². The van der Waals surface area contributed by atoms with Gasteiger partial charge in [0, 0.05) is 5.57 Å². The molecule has 0 aromatic carbocycles. The number of alkyl halides is 1. The lowest BCUT2D eigenvalue weighted by molar-refractivity contribution is -0.117. The normalized spacial score (nSPS) is 28.1. The van der Waals surface area contributed by atoms with Gasteiger partial charge in [-0.3, -0.25) is 10.2 Å². The van der Waals surface area contributed by atoms with Gasteiger partial charge in [-0.15, -0.1) is 0 Å². The van der Waals surface area contributed by atoms with E-state index in [-0.39, 0.29) is 9.83 Å². The number of hydrogen-bond acceptors (Lipinski definition) is 3. The van der Waals surface area contributed by atoms with Crippen molar-refractivity contribution in [3.05, 3.63) is 23.8 Å². The van der Waals surface area contributed by atoms with Crippen LogP contribution in [-0.2, 0) is 4.79 Å². The maximum Gasteiger partial charge on any atom is 0.264 e. The highest BCUT2D eigenvalue weighted by atomic mass is 127. The summed E-state index contributed by atoms with van der Waals surface area (Å²) in [6.45, 7) is 0. The van der Waals surface area contributed by atoms with Crippen molar-refractivity contribution < 1.29 is 9.90 Å². The van der Waals surface area contributed by atoms with Crippen LogP contribution >= 0.6 is 22.6 Å². The molecule has 0 saturated heterocycles. The first-order chi connectivity index (χ1) is 5.65. The van der Waals surface area contributed by atoms with Crippen molar-refractivity contribution in [1.29, 1.82) is 0 Å². The van der Waals surface area contributed by atoms with Gasteiger partial charge in [0.15, 0.2) is 0 Å². The summed E-state index contributed by atoms with van der Waals surface area (Å²) in [5.41, 5.74) is 2.51. The molecule has 2 atom stereocenters. The van der Waals surface area contributed by atoms with E-state index in [1.807, 2.05) is 28.0 Å². The van der Waals surface area contributed by atoms with Crippen LogP contribution in [0.25, 0.3) is 0 Å². The molecular weight excluding hydrogens is 271 g/mol. The standard InChI is InChI=1S/C7H9IN2O2/c8-5-3-4(7(12)10-9)1-2-6(5)11/h1-3,5-6,11H,9H2,(H,10,12)/t5-,6?/m1/s1. The quantitative estimate of drug-likeness (QED) is 0.202. The second kappa shape index (κ2) is 4.01. The summed E-state index contributed by atoms with van der Waals surface area (Å²) in [7, 11) is 0. The maximum absolute atomic E-state index is 11.0. The lowest BCUT2D eigenvalue weighted by Crippen LogP contribution is -2.32. The minimum atomic E-state index is -0.514. The minimum Gasteiger partial charge on any atom is -0.388 e. The lowest BCUT2D eigenvalue weighted by atomic mass is 10.0. The van der Waals surface area contributed by atoms with E-state index >= 15 is 0 Å². The molecule has 1 unspecified atom stereocenters. The Morgan fingerprint density at radius 2 is 2.42 bits per heavy atom. The Kier molecular flexibility index (Phi) is 3.24. The molecule has 0 heterocycles. The number of aliphatic hydroxyl groups is 1. The first-order valence-corrected chi connectivity index (χ1v) is 4.63. The number of halogens is 1. The van der Waals surface area contributed by atoms with Gasteiger partial charge < -0.3 is 5.11 Å². The van der Waals surface area contributed by atoms with E-state index in [1.54, 1.807) is 18.2 Å². The summed E-state index contributed by atoms with van der Waals surface area (Å²) in [6, 6.07) is 0. The van der Waals surface area contributed by atoms with E-state index in [9.17, 15) is 9.90 Å². The van der Waals surface area contributed by atoms with Crippen molar-refractivity contribution in [3.63, 3.8) is 0 Å². The Morgan fingerprint density at radius 1 is 1.75 bits per heavy atom. The van der Waals surface area contributed by atoms with Crippen LogP contribution in [0.3, 0.4) is 0 Å². The SMILES string of the molecule is NNC(=O)C1=C[C@@H](I)C(O)C=C1. The van der Waals surface area contributed by atoms with E-state index < -0.39 is 6.10 Å². The molecule has 0 spiro atoms. The molecule has 0 bridgehead atoms. The first-order valence-electron chi connectivity index (χ1n) is 3.38. The van der Waals surface area contributed by atoms with Gasteiger partial charge in [-0.25, -0.2) is 5.84 Å². The number of hydrazine groups is 1. The molecule has 0 fully saturated rings. The molecule has 0 saturated carbocycles. The van der Waals surface area contributed by atoms with Gasteiger partial charge in [-0.1, -0.05) is 40.8 Å². The highest BCUT2D eigenvalue weighted by molar-refractivity contribution is 14.1. The van der Waals surface area contributed by atoms with E-state index in [2.05, 4.69) is 0 Å². The predicted octanol–water partition coefficient (Wildman–Crippen LogP) is -0.363. The molecule has 66 valence electrons. The molecular formula is C7H9IN2O2. The Bertz CT molecular complexity index is 250. The van der Waals surface area contributed by atoms with Gasteiger partial charge in [0.05, 0.1) is 10.0 Å². The predicted molar refractivity (Wildman–Crippen MR) is 53.4 cm³/mol. The van der Waals surface area contributed by atoms with Crippen molar-refractivity contribution in [2.75, 3.05) is 0 Å². The van der Waals surface area contributed by atoms with Crippen LogP contribution in [0.4, 0.5) is 0 Å². The Hall–Kier alpha value is -0.400. The fraction of sp³-hybridized carbons (Fsp3) is 0.286. The van der Waals surface area contributed by atoms with Crippen LogP contribution < -0.4 is 11.3 Å². The zero-order valence-electron chi connectivity index (χ0n) is 6.20. The molecule has 0 aromatic rings. The number of aliphatic hydroxyl groups excluding tert-OH is 1. The largest absolute Gasteiger partial charge is 0.388 e. The third-order valence-electron chi connectivity index (χ3n) is 1.53. The molecule has 4 N–H and O–H groups in total. The number of hydrogen-bond donors (Lipinski definition) is 3. The van der Waals surface area contributed by atoms with Crippen LogP contribution in [0, 0.1) is 0 Å². The Balaban J connectivity index is 2.76. The van der Waals surface area contributed by atoms with E-state index in [0.717, 1.165) is 0 Å². The Morgan fingerprint density at radius 3 is 2.92 bits per heavy atom. The molecule has 1 aliphatic carbocycles. The van der Waals surface area contributed by atoms with Gasteiger partial charge in [-0.2, -0.15) is 0 Å². The third-order valence-corrected chi connectivity index (χ3v) is 2.63. The zero-order chi connectivity index (χ0) is 9.14. The first kappa shape index (κ1) is 9.69. The second-order valence-corrected chi connectivity index (χ2v) is 3.83. The monoisotopic (exact) mass is 280 g/mol. The number of nitrogens with one attached hydrogen (secondary N) is 1. The maximum atomic E-state index is 11.0. The molecule has 0 aliphatic heterocycles. The summed E-state index contributed by atoms with van der Waals surface area (Å²) in [4.78, 5) is 11.0. The zero-order valence-corrected chi connectivity index (χ0v) is 8.36. The highest BCUT2D eigenvalue weighted by Gasteiger charge is 2.17. The number of carbonyl (C=O) groups is 1. The summed E-state index contributed by atoms with van der Waals surface area (Å²) in [5.74, 6) is 4.61. The third kappa shape index (κ3) is 2.05. The van der Waals surface area contributed by atoms with Gasteiger partial charge in [0.2, 0.25) is 0 Å². The van der Waals surface area contributed by atoms with Crippen LogP contribution in [0.15, 0.2) is 23.8 Å². The molecule has 1 rings (SSSR count). The molecule has 1 amide bonds. The summed E-state index contributed by atoms with van der Waals surface area (Å²) in [6.07, 6.45) is 4.29. The number of amides is 1. The van der Waals surface area contributed by atoms with Crippen molar-refractivity contribution in [3.8, 4) is 0 Å². The van der Waals surface area contributed by atoms with E-state index in [4.69, 9.17) is 5.84 Å². The molecule has 12 heavy (non-hydrogen) atoms. The van der Waals surface area contributed by atoms with Gasteiger partial charge in [0.25, 0.3) is 5.91 Å². The van der Waals surface area contributed by atoms with Crippen molar-refractivity contribution in [1.82, 2.24) is 5.43 Å². The van der Waals surface area contributed by atoms with Crippen molar-refractivity contribution >= 4 is 28.5 Å². The Labute approximate surface area is 83.6 Å². The molecule has 4 nitrogen and oxygen atoms in total. The lowest BCUT2D eigenvalue weighted by Gasteiger charge is -2.15. The molecule has 0 aromatic heterocycles. The van der Waals surface area contributed by atoms with Crippen LogP contribution in [0.5, 0.6) is 0 Å². The highest BCUT2D eigenvalue weighted by Crippen LogP contribution is 2.18. The minimum absolute atomic E-state index is 0.0695. The van der Waals surface area contributed by atoms with Gasteiger partial charge in [0.1, 0.15) is 0 Å². The number of carbonyl (C=O) groups excluding carboxylic acids is 1. The van der Waals surface area contributed by atoms with Crippen LogP contribution in [0.2, 0.25) is 0 Å². The summed E-state index contributed by atoms with van der Waals surface area (Å²) in [5, 5.41) is 9.25. The number of rotatable bonds is 1. The summed E-state index contributed by atoms with van der Waals surface area (Å²) >= 11 is 2.05.